The average Bonchev–Trinajstić information content (AvgIpc) is 3.23. The summed E-state index contributed by atoms with van der Waals surface area (Å²) in [6, 6.07) is 18.0. The van der Waals surface area contributed by atoms with Gasteiger partial charge in [-0.25, -0.2) is 0 Å². The zero-order valence-electron chi connectivity index (χ0n) is 23.4. The molecule has 2 aromatic carbocycles. The molecule has 2 heterocycles. The summed E-state index contributed by atoms with van der Waals surface area (Å²) in [6.07, 6.45) is 8.17. The molecule has 2 aliphatic rings. The van der Waals surface area contributed by atoms with E-state index >= 15 is 0 Å². The highest BCUT2D eigenvalue weighted by Gasteiger charge is 2.27. The van der Waals surface area contributed by atoms with Crippen LogP contribution in [0.15, 0.2) is 61.3 Å². The molecular weight excluding hydrogens is 466 g/mol. The first-order valence-corrected chi connectivity index (χ1v) is 14.4. The number of piperidine rings is 1. The molecule has 0 saturated carbocycles. The van der Waals surface area contributed by atoms with E-state index in [0.717, 1.165) is 81.5 Å². The van der Waals surface area contributed by atoms with Gasteiger partial charge < -0.3 is 10.0 Å². The van der Waals surface area contributed by atoms with E-state index in [2.05, 4.69) is 84.8 Å². The Morgan fingerprint density at radius 2 is 1.82 bits per heavy atom. The number of hydrogen-bond acceptors (Lipinski definition) is 4. The number of aromatic nitrogens is 1. The first kappa shape index (κ1) is 26.6. The zero-order valence-corrected chi connectivity index (χ0v) is 23.4. The number of benzene rings is 2. The van der Waals surface area contributed by atoms with Crippen LogP contribution in [0.2, 0.25) is 0 Å². The Labute approximate surface area is 229 Å². The van der Waals surface area contributed by atoms with Crippen LogP contribution < -0.4 is 0 Å². The van der Waals surface area contributed by atoms with Crippen LogP contribution in [-0.4, -0.2) is 53.6 Å². The van der Waals surface area contributed by atoms with Gasteiger partial charge in [-0.15, -0.1) is 0 Å². The average molecular weight is 510 g/mol. The molecule has 1 N–H and O–H groups in total. The van der Waals surface area contributed by atoms with E-state index < -0.39 is 0 Å². The third-order valence-electron chi connectivity index (χ3n) is 8.56. The van der Waals surface area contributed by atoms with Crippen molar-refractivity contribution in [1.82, 2.24) is 14.8 Å². The molecule has 0 amide bonds. The van der Waals surface area contributed by atoms with Crippen LogP contribution in [0.5, 0.6) is 5.75 Å². The zero-order chi connectivity index (χ0) is 26.6. The van der Waals surface area contributed by atoms with Crippen LogP contribution in [0.1, 0.15) is 72.9 Å². The van der Waals surface area contributed by atoms with Crippen LogP contribution in [0.25, 0.3) is 16.7 Å². The Morgan fingerprint density at radius 3 is 2.55 bits per heavy atom. The molecule has 1 aliphatic heterocycles. The number of hydrogen-bond donors (Lipinski definition) is 1. The minimum absolute atomic E-state index is 0.322. The molecule has 1 aliphatic carbocycles. The van der Waals surface area contributed by atoms with E-state index in [4.69, 9.17) is 0 Å². The minimum atomic E-state index is 0.322. The van der Waals surface area contributed by atoms with E-state index in [-0.39, 0.29) is 0 Å². The molecule has 0 spiro atoms. The normalized spacial score (nSPS) is 17.5. The van der Waals surface area contributed by atoms with E-state index in [9.17, 15) is 5.11 Å². The van der Waals surface area contributed by atoms with Crippen molar-refractivity contribution in [3.8, 4) is 16.9 Å². The van der Waals surface area contributed by atoms with Gasteiger partial charge in [0, 0.05) is 18.7 Å². The van der Waals surface area contributed by atoms with Crippen molar-refractivity contribution in [3.05, 3.63) is 89.3 Å². The second-order valence-electron chi connectivity index (χ2n) is 11.6. The van der Waals surface area contributed by atoms with Gasteiger partial charge in [-0.05, 0) is 129 Å². The number of likely N-dealkylation sites (tertiary alicyclic amines) is 1. The molecule has 4 nitrogen and oxygen atoms in total. The van der Waals surface area contributed by atoms with Crippen molar-refractivity contribution in [3.63, 3.8) is 0 Å². The van der Waals surface area contributed by atoms with Crippen LogP contribution in [0.3, 0.4) is 0 Å². The second kappa shape index (κ2) is 11.8. The summed E-state index contributed by atoms with van der Waals surface area (Å²) in [7, 11) is 4.17. The predicted molar refractivity (Wildman–Crippen MR) is 158 cm³/mol. The van der Waals surface area contributed by atoms with Gasteiger partial charge in [0.2, 0.25) is 0 Å². The van der Waals surface area contributed by atoms with Crippen LogP contribution in [0.4, 0.5) is 0 Å². The van der Waals surface area contributed by atoms with E-state index in [1.165, 1.54) is 27.8 Å². The fourth-order valence-electron chi connectivity index (χ4n) is 6.36. The molecule has 0 radical (unpaired) electrons. The van der Waals surface area contributed by atoms with Gasteiger partial charge in [-0.2, -0.15) is 0 Å². The van der Waals surface area contributed by atoms with Crippen molar-refractivity contribution in [2.75, 3.05) is 33.7 Å². The van der Waals surface area contributed by atoms with Gasteiger partial charge in [0.15, 0.2) is 0 Å². The number of fused-ring (bicyclic) bond motifs is 3. The Hall–Kier alpha value is -2.95. The molecular formula is C34H43N3O. The monoisotopic (exact) mass is 509 g/mol. The summed E-state index contributed by atoms with van der Waals surface area (Å²) in [5.41, 5.74) is 10.1. The molecule has 5 rings (SSSR count). The van der Waals surface area contributed by atoms with Crippen LogP contribution in [0, 0.1) is 5.92 Å². The topological polar surface area (TPSA) is 39.6 Å². The Kier molecular flexibility index (Phi) is 8.30. The van der Waals surface area contributed by atoms with Crippen molar-refractivity contribution < 1.29 is 5.11 Å². The van der Waals surface area contributed by atoms with Gasteiger partial charge >= 0.3 is 0 Å². The molecule has 1 aromatic heterocycles. The molecule has 200 valence electrons. The highest BCUT2D eigenvalue weighted by atomic mass is 16.3. The minimum Gasteiger partial charge on any atom is -0.506 e. The summed E-state index contributed by atoms with van der Waals surface area (Å²) in [4.78, 5) is 9.43. The lowest BCUT2D eigenvalue weighted by Gasteiger charge is -2.32. The second-order valence-corrected chi connectivity index (χ2v) is 11.6. The van der Waals surface area contributed by atoms with Crippen molar-refractivity contribution >= 4 is 5.57 Å². The van der Waals surface area contributed by atoms with E-state index in [0.29, 0.717) is 17.6 Å². The SMILES string of the molecule is C=C(CCCN(C)C)c1cnc(CC2CCN(Cc3ccc4c(c3)-c3ccccc3C4CC)CC2)c(O)c1. The maximum absolute atomic E-state index is 10.7. The third-order valence-corrected chi connectivity index (χ3v) is 8.56. The van der Waals surface area contributed by atoms with Gasteiger partial charge in [-0.3, -0.25) is 9.88 Å². The summed E-state index contributed by atoms with van der Waals surface area (Å²) in [6.45, 7) is 10.7. The number of rotatable bonds is 10. The third kappa shape index (κ3) is 5.87. The highest BCUT2D eigenvalue weighted by Crippen LogP contribution is 2.46. The quantitative estimate of drug-likeness (QED) is 0.316. The number of nitrogens with zero attached hydrogens (tertiary/aromatic N) is 3. The number of aromatic hydroxyl groups is 1. The Bertz CT molecular complexity index is 1270. The molecule has 1 unspecified atom stereocenters. The van der Waals surface area contributed by atoms with Gasteiger partial charge in [0.25, 0.3) is 0 Å². The predicted octanol–water partition coefficient (Wildman–Crippen LogP) is 7.12. The first-order chi connectivity index (χ1) is 18.4. The Morgan fingerprint density at radius 1 is 1.05 bits per heavy atom. The van der Waals surface area contributed by atoms with Gasteiger partial charge in [-0.1, -0.05) is 49.9 Å². The lowest BCUT2D eigenvalue weighted by molar-refractivity contribution is 0.176. The fraction of sp³-hybridized carbons (Fsp3) is 0.441. The summed E-state index contributed by atoms with van der Waals surface area (Å²) in [5, 5.41) is 10.7. The molecule has 1 saturated heterocycles. The molecule has 1 atom stereocenters. The summed E-state index contributed by atoms with van der Waals surface area (Å²) >= 11 is 0. The lowest BCUT2D eigenvalue weighted by atomic mass is 9.91. The molecule has 38 heavy (non-hydrogen) atoms. The van der Waals surface area contributed by atoms with Crippen molar-refractivity contribution in [2.45, 2.75) is 57.9 Å². The summed E-state index contributed by atoms with van der Waals surface area (Å²) in [5.74, 6) is 1.42. The summed E-state index contributed by atoms with van der Waals surface area (Å²) < 4.78 is 0. The highest BCUT2D eigenvalue weighted by molar-refractivity contribution is 5.79. The molecule has 3 aromatic rings. The number of pyridine rings is 1. The maximum atomic E-state index is 10.7. The van der Waals surface area contributed by atoms with Crippen LogP contribution in [-0.2, 0) is 13.0 Å². The maximum Gasteiger partial charge on any atom is 0.137 e. The van der Waals surface area contributed by atoms with Crippen molar-refractivity contribution in [2.24, 2.45) is 5.92 Å². The van der Waals surface area contributed by atoms with Gasteiger partial charge in [0.05, 0.1) is 5.69 Å². The standard InChI is InChI=1S/C34H43N3O/c1-5-28-29-10-6-7-11-30(29)32-19-26(12-13-31(28)32)23-37-17-14-25(15-18-37)20-33-34(38)21-27(22-35-33)24(2)9-8-16-36(3)4/h6-7,10-13,19,21-22,25,28,38H,2,5,8-9,14-18,20,23H2,1,3-4H3. The molecule has 1 fully saturated rings. The van der Waals surface area contributed by atoms with Gasteiger partial charge in [0.1, 0.15) is 5.75 Å². The first-order valence-electron chi connectivity index (χ1n) is 14.4. The fourth-order valence-corrected chi connectivity index (χ4v) is 6.36. The smallest absolute Gasteiger partial charge is 0.137 e. The largest absolute Gasteiger partial charge is 0.506 e. The lowest BCUT2D eigenvalue weighted by Crippen LogP contribution is -2.34. The Balaban J connectivity index is 1.15. The number of allylic oxidation sites excluding steroid dienone is 1. The van der Waals surface area contributed by atoms with Crippen molar-refractivity contribution in [1.29, 1.82) is 0 Å². The molecule has 0 bridgehead atoms. The van der Waals surface area contributed by atoms with E-state index in [1.807, 2.05) is 12.3 Å². The van der Waals surface area contributed by atoms with E-state index in [1.54, 1.807) is 0 Å². The van der Waals surface area contributed by atoms with Crippen LogP contribution >= 0.6 is 0 Å². The molecule has 4 heteroatoms.